The Morgan fingerprint density at radius 1 is 1.47 bits per heavy atom. The van der Waals surface area contributed by atoms with Crippen LogP contribution in [-0.4, -0.2) is 23.5 Å². The molecule has 0 bridgehead atoms. The Hall–Kier alpha value is -1.29. The van der Waals surface area contributed by atoms with Crippen molar-refractivity contribution in [3.63, 3.8) is 0 Å². The zero-order valence-corrected chi connectivity index (χ0v) is 8.99. The molecule has 0 amide bonds. The van der Waals surface area contributed by atoms with Crippen LogP contribution >= 0.6 is 0 Å². The van der Waals surface area contributed by atoms with Gasteiger partial charge in [-0.3, -0.25) is 9.69 Å². The molecule has 1 fully saturated rings. The summed E-state index contributed by atoms with van der Waals surface area (Å²) in [6.07, 6.45) is 3.57. The first-order chi connectivity index (χ1) is 7.18. The Labute approximate surface area is 89.1 Å². The van der Waals surface area contributed by atoms with Crippen molar-refractivity contribution in [2.45, 2.75) is 25.3 Å². The van der Waals surface area contributed by atoms with E-state index < -0.39 is 0 Å². The van der Waals surface area contributed by atoms with Crippen LogP contribution < -0.4 is 11.3 Å². The molecule has 3 N–H and O–H groups in total. The molecule has 1 aromatic rings. The van der Waals surface area contributed by atoms with Crippen molar-refractivity contribution in [3.05, 3.63) is 28.2 Å². The maximum absolute atomic E-state index is 11.4. The molecule has 0 spiro atoms. The van der Waals surface area contributed by atoms with Crippen molar-refractivity contribution >= 4 is 5.69 Å². The second kappa shape index (κ2) is 4.06. The Bertz CT molecular complexity index is 399. The number of aromatic amines is 1. The van der Waals surface area contributed by atoms with Gasteiger partial charge in [0.15, 0.2) is 0 Å². The van der Waals surface area contributed by atoms with Crippen molar-refractivity contribution in [3.8, 4) is 0 Å². The number of rotatable bonds is 1. The molecule has 15 heavy (non-hydrogen) atoms. The summed E-state index contributed by atoms with van der Waals surface area (Å²) >= 11 is 0. The van der Waals surface area contributed by atoms with Crippen molar-refractivity contribution in [2.75, 3.05) is 19.3 Å². The molecule has 4 heteroatoms. The van der Waals surface area contributed by atoms with Crippen LogP contribution in [-0.2, 0) is 0 Å². The maximum Gasteiger partial charge on any atom is 0.271 e. The molecule has 0 radical (unpaired) electrons. The molecule has 0 saturated carbocycles. The SMILES string of the molecule is CN1CCCCC1c1ccc(N)c(=O)[nH]1. The molecule has 82 valence electrons. The molecule has 1 aliphatic heterocycles. The zero-order chi connectivity index (χ0) is 10.8. The van der Waals surface area contributed by atoms with E-state index in [1.807, 2.05) is 6.07 Å². The maximum atomic E-state index is 11.4. The minimum absolute atomic E-state index is 0.175. The van der Waals surface area contributed by atoms with Crippen molar-refractivity contribution in [1.82, 2.24) is 9.88 Å². The second-order valence-corrected chi connectivity index (χ2v) is 4.19. The zero-order valence-electron chi connectivity index (χ0n) is 8.99. The van der Waals surface area contributed by atoms with E-state index in [0.29, 0.717) is 6.04 Å². The van der Waals surface area contributed by atoms with E-state index in [2.05, 4.69) is 16.9 Å². The van der Waals surface area contributed by atoms with Crippen LogP contribution in [0.15, 0.2) is 16.9 Å². The van der Waals surface area contributed by atoms with Gasteiger partial charge in [-0.1, -0.05) is 6.42 Å². The van der Waals surface area contributed by atoms with Crippen molar-refractivity contribution in [2.24, 2.45) is 0 Å². The number of anilines is 1. The summed E-state index contributed by atoms with van der Waals surface area (Å²) in [7, 11) is 2.10. The van der Waals surface area contributed by atoms with Crippen LogP contribution in [0.1, 0.15) is 31.0 Å². The van der Waals surface area contributed by atoms with Crippen LogP contribution in [0.5, 0.6) is 0 Å². The van der Waals surface area contributed by atoms with E-state index in [4.69, 9.17) is 5.73 Å². The topological polar surface area (TPSA) is 62.1 Å². The van der Waals surface area contributed by atoms with Gasteiger partial charge in [-0.15, -0.1) is 0 Å². The quantitative estimate of drug-likeness (QED) is 0.725. The van der Waals surface area contributed by atoms with E-state index in [1.54, 1.807) is 6.07 Å². The Morgan fingerprint density at radius 2 is 2.27 bits per heavy atom. The summed E-state index contributed by atoms with van der Waals surface area (Å²) in [6, 6.07) is 3.95. The van der Waals surface area contributed by atoms with Gasteiger partial charge in [-0.05, 0) is 38.6 Å². The molecule has 4 nitrogen and oxygen atoms in total. The number of nitrogens with two attached hydrogens (primary N) is 1. The number of hydrogen-bond donors (Lipinski definition) is 2. The third-order valence-electron chi connectivity index (χ3n) is 3.09. The first kappa shape index (κ1) is 10.2. The lowest BCUT2D eigenvalue weighted by atomic mass is 9.99. The van der Waals surface area contributed by atoms with Gasteiger partial charge in [0.05, 0.1) is 5.69 Å². The van der Waals surface area contributed by atoms with E-state index in [-0.39, 0.29) is 11.2 Å². The molecule has 0 aliphatic carbocycles. The predicted molar refractivity (Wildman–Crippen MR) is 60.7 cm³/mol. The highest BCUT2D eigenvalue weighted by Crippen LogP contribution is 2.27. The fourth-order valence-corrected chi connectivity index (χ4v) is 2.16. The number of piperidine rings is 1. The van der Waals surface area contributed by atoms with Gasteiger partial charge < -0.3 is 10.7 Å². The van der Waals surface area contributed by atoms with E-state index in [0.717, 1.165) is 18.7 Å². The van der Waals surface area contributed by atoms with Gasteiger partial charge >= 0.3 is 0 Å². The first-order valence-electron chi connectivity index (χ1n) is 5.37. The lowest BCUT2D eigenvalue weighted by Crippen LogP contribution is -2.31. The predicted octanol–water partition coefficient (Wildman–Crippen LogP) is 1.11. The summed E-state index contributed by atoms with van der Waals surface area (Å²) in [6.45, 7) is 1.09. The van der Waals surface area contributed by atoms with Crippen LogP contribution in [0.4, 0.5) is 5.69 Å². The molecule has 1 unspecified atom stereocenters. The van der Waals surface area contributed by atoms with Gasteiger partial charge in [0, 0.05) is 11.7 Å². The summed E-state index contributed by atoms with van der Waals surface area (Å²) in [5, 5.41) is 0. The molecule has 1 aliphatic rings. The van der Waals surface area contributed by atoms with E-state index >= 15 is 0 Å². The van der Waals surface area contributed by atoms with E-state index in [1.165, 1.54) is 12.8 Å². The highest BCUT2D eigenvalue weighted by Gasteiger charge is 2.21. The van der Waals surface area contributed by atoms with Gasteiger partial charge in [0.2, 0.25) is 0 Å². The molecule has 0 aromatic carbocycles. The molecule has 1 saturated heterocycles. The van der Waals surface area contributed by atoms with E-state index in [9.17, 15) is 4.79 Å². The van der Waals surface area contributed by atoms with Gasteiger partial charge in [-0.25, -0.2) is 0 Å². The third kappa shape index (κ3) is 2.04. The number of pyridine rings is 1. The van der Waals surface area contributed by atoms with Gasteiger partial charge in [-0.2, -0.15) is 0 Å². The standard InChI is InChI=1S/C11H17N3O/c1-14-7-3-2-4-10(14)9-6-5-8(12)11(15)13-9/h5-6,10H,2-4,7,12H2,1H3,(H,13,15). The molecular formula is C11H17N3O. The van der Waals surface area contributed by atoms with Crippen molar-refractivity contribution < 1.29 is 0 Å². The minimum atomic E-state index is -0.175. The first-order valence-corrected chi connectivity index (χ1v) is 5.37. The molecular weight excluding hydrogens is 190 g/mol. The van der Waals surface area contributed by atoms with Crippen LogP contribution in [0, 0.1) is 0 Å². The second-order valence-electron chi connectivity index (χ2n) is 4.19. The minimum Gasteiger partial charge on any atom is -0.394 e. The van der Waals surface area contributed by atoms with Crippen molar-refractivity contribution in [1.29, 1.82) is 0 Å². The normalized spacial score (nSPS) is 22.9. The Balaban J connectivity index is 2.28. The van der Waals surface area contributed by atoms with Crippen LogP contribution in [0.25, 0.3) is 0 Å². The number of hydrogen-bond acceptors (Lipinski definition) is 3. The van der Waals surface area contributed by atoms with Gasteiger partial charge in [0.25, 0.3) is 5.56 Å². The highest BCUT2D eigenvalue weighted by atomic mass is 16.1. The summed E-state index contributed by atoms with van der Waals surface area (Å²) in [4.78, 5) is 16.5. The third-order valence-corrected chi connectivity index (χ3v) is 3.09. The lowest BCUT2D eigenvalue weighted by Gasteiger charge is -2.32. The molecule has 2 rings (SSSR count). The molecule has 1 aromatic heterocycles. The Kier molecular flexibility index (Phi) is 2.77. The number of H-pyrrole nitrogens is 1. The number of aromatic nitrogens is 1. The lowest BCUT2D eigenvalue weighted by molar-refractivity contribution is 0.183. The smallest absolute Gasteiger partial charge is 0.271 e. The Morgan fingerprint density at radius 3 is 2.93 bits per heavy atom. The number of nitrogens with zero attached hydrogens (tertiary/aromatic N) is 1. The summed E-state index contributed by atoms with van der Waals surface area (Å²) in [5.74, 6) is 0. The van der Waals surface area contributed by atoms with Crippen LogP contribution in [0.3, 0.4) is 0 Å². The van der Waals surface area contributed by atoms with Crippen LogP contribution in [0.2, 0.25) is 0 Å². The number of nitrogen functional groups attached to an aromatic ring is 1. The van der Waals surface area contributed by atoms with Gasteiger partial charge in [0.1, 0.15) is 0 Å². The monoisotopic (exact) mass is 207 g/mol. The molecule has 1 atom stereocenters. The number of likely N-dealkylation sites (tertiary alicyclic amines) is 1. The fourth-order valence-electron chi connectivity index (χ4n) is 2.16. The highest BCUT2D eigenvalue weighted by molar-refractivity contribution is 5.35. The number of nitrogens with one attached hydrogen (secondary N) is 1. The summed E-state index contributed by atoms with van der Waals surface area (Å²) in [5.41, 5.74) is 6.59. The largest absolute Gasteiger partial charge is 0.394 e. The average Bonchev–Trinajstić information content (AvgIpc) is 2.23. The fraction of sp³-hybridized carbons (Fsp3) is 0.545. The average molecular weight is 207 g/mol. The summed E-state index contributed by atoms with van der Waals surface area (Å²) < 4.78 is 0. The molecule has 2 heterocycles.